The Morgan fingerprint density at radius 1 is 0.346 bits per heavy atom. The molecular formula is C48H28N4. The lowest BCUT2D eigenvalue weighted by molar-refractivity contribution is 1.09. The van der Waals surface area contributed by atoms with Crippen LogP contribution in [0.15, 0.2) is 170 Å². The van der Waals surface area contributed by atoms with Gasteiger partial charge < -0.3 is 4.57 Å². The lowest BCUT2D eigenvalue weighted by atomic mass is 9.94. The molecular weight excluding hydrogens is 633 g/mol. The number of benzene rings is 8. The van der Waals surface area contributed by atoms with Crippen LogP contribution in [0.4, 0.5) is 0 Å². The van der Waals surface area contributed by atoms with Gasteiger partial charge in [0.15, 0.2) is 5.82 Å². The quantitative estimate of drug-likeness (QED) is 0.185. The van der Waals surface area contributed by atoms with E-state index < -0.39 is 0 Å². The number of aromatic nitrogens is 4. The number of para-hydroxylation sites is 5. The van der Waals surface area contributed by atoms with Crippen LogP contribution in [0.2, 0.25) is 0 Å². The first-order chi connectivity index (χ1) is 25.8. The summed E-state index contributed by atoms with van der Waals surface area (Å²) in [6, 6.07) is 61.3. The summed E-state index contributed by atoms with van der Waals surface area (Å²) in [4.78, 5) is 10.6. The maximum Gasteiger partial charge on any atom is 0.165 e. The molecule has 0 saturated carbocycles. The molecule has 240 valence electrons. The summed E-state index contributed by atoms with van der Waals surface area (Å²) in [5.41, 5.74) is 14.5. The van der Waals surface area contributed by atoms with E-state index in [2.05, 4.69) is 167 Å². The first-order valence-corrected chi connectivity index (χ1v) is 17.8. The van der Waals surface area contributed by atoms with Crippen LogP contribution >= 0.6 is 0 Å². The third-order valence-corrected chi connectivity index (χ3v) is 11.0. The van der Waals surface area contributed by atoms with Crippen molar-refractivity contribution in [3.8, 4) is 45.0 Å². The first kappa shape index (κ1) is 27.7. The fraction of sp³-hybridized carbons (Fsp3) is 0. The fourth-order valence-electron chi connectivity index (χ4n) is 8.84. The van der Waals surface area contributed by atoms with Gasteiger partial charge in [0, 0.05) is 43.7 Å². The van der Waals surface area contributed by atoms with E-state index in [1.165, 1.54) is 65.6 Å². The Hall–Kier alpha value is -7.04. The summed E-state index contributed by atoms with van der Waals surface area (Å²) in [7, 11) is 0. The van der Waals surface area contributed by atoms with Crippen molar-refractivity contribution in [2.45, 2.75) is 0 Å². The van der Waals surface area contributed by atoms with Crippen molar-refractivity contribution in [3.63, 3.8) is 0 Å². The standard InChI is InChI=1S/C48H28N4/c1-2-12-30(13-3-1)51-43-23-9-6-15-34(43)39-26-25-33-31(17-10-18-37(33)46(39)51)29-24-27-44-40(28-29)38-20-11-19-36-32-14-4-5-16-35(32)45-48(52(44)47(36)38)50-42-22-8-7-21-41(42)49-45/h1-28H. The average molecular weight is 661 g/mol. The minimum absolute atomic E-state index is 0.866. The van der Waals surface area contributed by atoms with E-state index in [9.17, 15) is 0 Å². The topological polar surface area (TPSA) is 35.6 Å². The van der Waals surface area contributed by atoms with Gasteiger partial charge in [-0.25, -0.2) is 9.97 Å². The second-order valence-corrected chi connectivity index (χ2v) is 13.7. The van der Waals surface area contributed by atoms with Crippen LogP contribution in [0.1, 0.15) is 0 Å². The van der Waals surface area contributed by atoms with Crippen molar-refractivity contribution in [2.75, 3.05) is 0 Å². The number of hydrogen-bond acceptors (Lipinski definition) is 2. The molecule has 52 heavy (non-hydrogen) atoms. The van der Waals surface area contributed by atoms with Gasteiger partial charge >= 0.3 is 0 Å². The van der Waals surface area contributed by atoms with Crippen molar-refractivity contribution in [2.24, 2.45) is 0 Å². The van der Waals surface area contributed by atoms with Crippen LogP contribution in [0, 0.1) is 0 Å². The Balaban J connectivity index is 1.15. The zero-order chi connectivity index (χ0) is 33.9. The number of rotatable bonds is 2. The van der Waals surface area contributed by atoms with Crippen molar-refractivity contribution in [3.05, 3.63) is 170 Å². The summed E-state index contributed by atoms with van der Waals surface area (Å²) in [6.07, 6.45) is 0. The molecule has 11 aromatic rings. The zero-order valence-corrected chi connectivity index (χ0v) is 28.0. The normalized spacial score (nSPS) is 12.2. The van der Waals surface area contributed by atoms with Gasteiger partial charge in [0.1, 0.15) is 5.69 Å². The SMILES string of the molecule is c1ccc(-n2c3ccccc3c3ccc4c(-c5ccc6c(c5)c5cccc7c5n6-c5nc6ccccc6nc5-c5ccccc5-7)cccc4c32)cc1. The van der Waals surface area contributed by atoms with Gasteiger partial charge in [-0.3, -0.25) is 4.57 Å². The Kier molecular flexibility index (Phi) is 5.47. The molecule has 0 atom stereocenters. The highest BCUT2D eigenvalue weighted by molar-refractivity contribution is 6.21. The molecule has 3 aromatic heterocycles. The van der Waals surface area contributed by atoms with E-state index >= 15 is 0 Å². The molecule has 0 bridgehead atoms. The molecule has 0 spiro atoms. The average Bonchev–Trinajstić information content (AvgIpc) is 3.69. The molecule has 0 N–H and O–H groups in total. The lowest BCUT2D eigenvalue weighted by Gasteiger charge is -2.13. The van der Waals surface area contributed by atoms with E-state index in [-0.39, 0.29) is 0 Å². The highest BCUT2D eigenvalue weighted by Crippen LogP contribution is 2.47. The summed E-state index contributed by atoms with van der Waals surface area (Å²) < 4.78 is 4.77. The Morgan fingerprint density at radius 3 is 1.83 bits per heavy atom. The van der Waals surface area contributed by atoms with Crippen molar-refractivity contribution >= 4 is 65.4 Å². The van der Waals surface area contributed by atoms with Crippen LogP contribution < -0.4 is 0 Å². The monoisotopic (exact) mass is 660 g/mol. The molecule has 0 unspecified atom stereocenters. The predicted octanol–water partition coefficient (Wildman–Crippen LogP) is 12.3. The first-order valence-electron chi connectivity index (χ1n) is 17.8. The lowest BCUT2D eigenvalue weighted by Crippen LogP contribution is -2.02. The van der Waals surface area contributed by atoms with E-state index in [0.29, 0.717) is 0 Å². The largest absolute Gasteiger partial charge is 0.309 e. The Morgan fingerprint density at radius 2 is 0.962 bits per heavy atom. The van der Waals surface area contributed by atoms with E-state index in [1.807, 2.05) is 12.1 Å². The molecule has 1 aliphatic rings. The van der Waals surface area contributed by atoms with E-state index in [0.717, 1.165) is 44.8 Å². The third kappa shape index (κ3) is 3.65. The summed E-state index contributed by atoms with van der Waals surface area (Å²) >= 11 is 0. The van der Waals surface area contributed by atoms with E-state index in [4.69, 9.17) is 9.97 Å². The molecule has 4 heteroatoms. The van der Waals surface area contributed by atoms with Crippen molar-refractivity contribution in [1.29, 1.82) is 0 Å². The molecule has 0 amide bonds. The van der Waals surface area contributed by atoms with Gasteiger partial charge in [0.25, 0.3) is 0 Å². The molecule has 0 saturated heterocycles. The maximum absolute atomic E-state index is 5.32. The van der Waals surface area contributed by atoms with E-state index in [1.54, 1.807) is 0 Å². The molecule has 0 radical (unpaired) electrons. The fourth-order valence-corrected chi connectivity index (χ4v) is 8.84. The van der Waals surface area contributed by atoms with Crippen molar-refractivity contribution < 1.29 is 0 Å². The van der Waals surface area contributed by atoms with Crippen LogP contribution in [0.25, 0.3) is 110 Å². The molecule has 0 aliphatic carbocycles. The summed E-state index contributed by atoms with van der Waals surface area (Å²) in [6.45, 7) is 0. The highest BCUT2D eigenvalue weighted by atomic mass is 15.1. The number of fused-ring (bicyclic) bond motifs is 14. The smallest absolute Gasteiger partial charge is 0.165 e. The van der Waals surface area contributed by atoms with Gasteiger partial charge in [0.2, 0.25) is 0 Å². The van der Waals surface area contributed by atoms with Crippen LogP contribution in [0.3, 0.4) is 0 Å². The van der Waals surface area contributed by atoms with Gasteiger partial charge in [-0.15, -0.1) is 0 Å². The molecule has 1 aliphatic heterocycles. The summed E-state index contributed by atoms with van der Waals surface area (Å²) in [5.74, 6) is 0.866. The second kappa shape index (κ2) is 10.3. The minimum atomic E-state index is 0.866. The number of nitrogens with zero attached hydrogens (tertiary/aromatic N) is 4. The van der Waals surface area contributed by atoms with Crippen molar-refractivity contribution in [1.82, 2.24) is 19.1 Å². The highest BCUT2D eigenvalue weighted by Gasteiger charge is 2.27. The number of hydrogen-bond donors (Lipinski definition) is 0. The molecule has 8 aromatic carbocycles. The minimum Gasteiger partial charge on any atom is -0.309 e. The Labute approximate surface area is 298 Å². The third-order valence-electron chi connectivity index (χ3n) is 11.0. The molecule has 0 fully saturated rings. The predicted molar refractivity (Wildman–Crippen MR) is 216 cm³/mol. The van der Waals surface area contributed by atoms with Gasteiger partial charge in [-0.05, 0) is 64.5 Å². The summed E-state index contributed by atoms with van der Waals surface area (Å²) in [5, 5.41) is 7.40. The molecule has 4 heterocycles. The maximum atomic E-state index is 5.32. The van der Waals surface area contributed by atoms with Crippen LogP contribution in [0.5, 0.6) is 0 Å². The van der Waals surface area contributed by atoms with Gasteiger partial charge in [-0.2, -0.15) is 0 Å². The molecule has 12 rings (SSSR count). The van der Waals surface area contributed by atoms with Crippen LogP contribution in [-0.4, -0.2) is 19.1 Å². The zero-order valence-electron chi connectivity index (χ0n) is 28.0. The second-order valence-electron chi connectivity index (χ2n) is 13.7. The Bertz CT molecular complexity index is 3290. The van der Waals surface area contributed by atoms with Crippen LogP contribution in [-0.2, 0) is 0 Å². The molecule has 4 nitrogen and oxygen atoms in total. The van der Waals surface area contributed by atoms with Gasteiger partial charge in [0.05, 0.1) is 33.1 Å². The van der Waals surface area contributed by atoms with Gasteiger partial charge in [-0.1, -0.05) is 127 Å².